The van der Waals surface area contributed by atoms with Gasteiger partial charge in [0, 0.05) is 48.1 Å². The number of aryl methyl sites for hydroxylation is 1. The average molecular weight is 559 g/mol. The maximum atomic E-state index is 12.8. The number of anilines is 1. The number of piperazine rings is 1. The Hall–Kier alpha value is -3.89. The summed E-state index contributed by atoms with van der Waals surface area (Å²) < 4.78 is 24.1. The van der Waals surface area contributed by atoms with Gasteiger partial charge in [-0.05, 0) is 75.7 Å². The Bertz CT molecular complexity index is 1700. The molecule has 10 heteroatoms. The fourth-order valence-corrected chi connectivity index (χ4v) is 5.91. The molecule has 1 unspecified atom stereocenters. The molecule has 1 amide bonds. The van der Waals surface area contributed by atoms with E-state index in [2.05, 4.69) is 41.3 Å². The zero-order chi connectivity index (χ0) is 28.7. The first-order chi connectivity index (χ1) is 18.9. The van der Waals surface area contributed by atoms with E-state index in [9.17, 15) is 13.2 Å². The number of carbonyl (C=O) groups is 1. The summed E-state index contributed by atoms with van der Waals surface area (Å²) in [6, 6.07) is 16.8. The van der Waals surface area contributed by atoms with Gasteiger partial charge in [-0.3, -0.25) is 9.78 Å². The van der Waals surface area contributed by atoms with Crippen LogP contribution in [0.1, 0.15) is 42.4 Å². The van der Waals surface area contributed by atoms with Crippen molar-refractivity contribution < 1.29 is 13.2 Å². The van der Waals surface area contributed by atoms with Crippen LogP contribution in [0.15, 0.2) is 65.7 Å². The minimum atomic E-state index is -3.44. The molecule has 3 aromatic heterocycles. The third-order valence-electron chi connectivity index (χ3n) is 7.17. The van der Waals surface area contributed by atoms with Crippen molar-refractivity contribution in [1.82, 2.24) is 25.6 Å². The largest absolute Gasteiger partial charge is 0.351 e. The lowest BCUT2D eigenvalue weighted by atomic mass is 9.99. The van der Waals surface area contributed by atoms with Crippen LogP contribution in [-0.4, -0.2) is 60.2 Å². The molecule has 0 aliphatic carbocycles. The van der Waals surface area contributed by atoms with E-state index in [1.807, 2.05) is 36.4 Å². The van der Waals surface area contributed by atoms with Gasteiger partial charge in [-0.1, -0.05) is 12.1 Å². The van der Waals surface area contributed by atoms with Gasteiger partial charge in [-0.25, -0.2) is 18.4 Å². The predicted molar refractivity (Wildman–Crippen MR) is 157 cm³/mol. The molecule has 5 rings (SSSR count). The first kappa shape index (κ1) is 27.7. The molecule has 0 spiro atoms. The van der Waals surface area contributed by atoms with E-state index in [0.29, 0.717) is 17.3 Å². The predicted octanol–water partition coefficient (Wildman–Crippen LogP) is 3.91. The van der Waals surface area contributed by atoms with Gasteiger partial charge >= 0.3 is 0 Å². The van der Waals surface area contributed by atoms with Crippen molar-refractivity contribution in [2.45, 2.75) is 50.7 Å². The topological polar surface area (TPSA) is 117 Å². The lowest BCUT2D eigenvalue weighted by molar-refractivity contribution is 0.0950. The Labute approximate surface area is 235 Å². The van der Waals surface area contributed by atoms with Gasteiger partial charge in [-0.15, -0.1) is 0 Å². The van der Waals surface area contributed by atoms with Crippen molar-refractivity contribution >= 4 is 32.5 Å². The number of rotatable bonds is 6. The number of amides is 1. The third kappa shape index (κ3) is 5.97. The van der Waals surface area contributed by atoms with Gasteiger partial charge in [0.15, 0.2) is 9.84 Å². The Balaban J connectivity index is 1.35. The minimum absolute atomic E-state index is 0.000336. The fraction of sp³-hybridized carbons (Fsp3) is 0.333. The molecule has 9 nitrogen and oxygen atoms in total. The number of aromatic nitrogens is 3. The van der Waals surface area contributed by atoms with Crippen LogP contribution in [0.5, 0.6) is 0 Å². The zero-order valence-corrected chi connectivity index (χ0v) is 24.2. The molecule has 0 bridgehead atoms. The number of carbonyl (C=O) groups excluding carboxylic acids is 1. The average Bonchev–Trinajstić information content (AvgIpc) is 2.92. The first-order valence-electron chi connectivity index (χ1n) is 13.2. The van der Waals surface area contributed by atoms with E-state index in [4.69, 9.17) is 9.97 Å². The summed E-state index contributed by atoms with van der Waals surface area (Å²) in [6.07, 6.45) is 2.87. The molecule has 1 saturated heterocycles. The van der Waals surface area contributed by atoms with Gasteiger partial charge in [0.25, 0.3) is 5.91 Å². The van der Waals surface area contributed by atoms with Crippen molar-refractivity contribution in [2.75, 3.05) is 24.2 Å². The molecule has 0 saturated carbocycles. The van der Waals surface area contributed by atoms with Crippen molar-refractivity contribution in [2.24, 2.45) is 0 Å². The molecule has 208 valence electrons. The molecule has 4 aromatic rings. The summed E-state index contributed by atoms with van der Waals surface area (Å²) in [6.45, 7) is 10.2. The van der Waals surface area contributed by atoms with Gasteiger partial charge in [0.2, 0.25) is 0 Å². The first-order valence-corrected chi connectivity index (χ1v) is 15.1. The SMILES string of the molecule is Cc1ccc(C(=O)NCc2cc3nc(-c4cccc(N5CC(C)(C)NCC5C)n4)ccc3cn2)cc1S(C)(=O)=O. The van der Waals surface area contributed by atoms with Crippen molar-refractivity contribution in [3.05, 3.63) is 77.6 Å². The van der Waals surface area contributed by atoms with E-state index >= 15 is 0 Å². The number of nitrogens with one attached hydrogen (secondary N) is 2. The number of pyridine rings is 3. The molecular weight excluding hydrogens is 524 g/mol. The second-order valence-corrected chi connectivity index (χ2v) is 13.1. The summed E-state index contributed by atoms with van der Waals surface area (Å²) in [7, 11) is -3.44. The summed E-state index contributed by atoms with van der Waals surface area (Å²) in [5, 5.41) is 7.29. The van der Waals surface area contributed by atoms with Crippen molar-refractivity contribution in [3.8, 4) is 11.4 Å². The van der Waals surface area contributed by atoms with Crippen LogP contribution in [0.25, 0.3) is 22.3 Å². The smallest absolute Gasteiger partial charge is 0.251 e. The molecule has 1 atom stereocenters. The highest BCUT2D eigenvalue weighted by molar-refractivity contribution is 7.90. The van der Waals surface area contributed by atoms with E-state index in [1.165, 1.54) is 6.07 Å². The number of benzene rings is 1. The van der Waals surface area contributed by atoms with Crippen LogP contribution in [0.4, 0.5) is 5.82 Å². The molecule has 2 N–H and O–H groups in total. The van der Waals surface area contributed by atoms with Crippen LogP contribution >= 0.6 is 0 Å². The molecule has 1 aliphatic rings. The molecule has 40 heavy (non-hydrogen) atoms. The maximum Gasteiger partial charge on any atom is 0.251 e. The van der Waals surface area contributed by atoms with Crippen molar-refractivity contribution in [3.63, 3.8) is 0 Å². The number of nitrogens with zero attached hydrogens (tertiary/aromatic N) is 4. The summed E-state index contributed by atoms with van der Waals surface area (Å²) >= 11 is 0. The van der Waals surface area contributed by atoms with E-state index in [0.717, 1.165) is 47.5 Å². The minimum Gasteiger partial charge on any atom is -0.351 e. The molecule has 1 aliphatic heterocycles. The summed E-state index contributed by atoms with van der Waals surface area (Å²) in [5.41, 5.74) is 3.81. The highest BCUT2D eigenvalue weighted by Gasteiger charge is 2.31. The Morgan fingerprint density at radius 2 is 1.88 bits per heavy atom. The normalized spacial score (nSPS) is 17.1. The molecule has 4 heterocycles. The second-order valence-electron chi connectivity index (χ2n) is 11.1. The molecule has 1 aromatic carbocycles. The lowest BCUT2D eigenvalue weighted by Gasteiger charge is -2.44. The number of fused-ring (bicyclic) bond motifs is 1. The van der Waals surface area contributed by atoms with Gasteiger partial charge < -0.3 is 15.5 Å². The van der Waals surface area contributed by atoms with Gasteiger partial charge in [0.05, 0.1) is 34.0 Å². The molecule has 1 fully saturated rings. The maximum absolute atomic E-state index is 12.8. The highest BCUT2D eigenvalue weighted by atomic mass is 32.2. The van der Waals surface area contributed by atoms with Crippen LogP contribution in [0.3, 0.4) is 0 Å². The number of sulfone groups is 1. The van der Waals surface area contributed by atoms with Crippen LogP contribution in [0, 0.1) is 6.92 Å². The number of hydrogen-bond acceptors (Lipinski definition) is 8. The van der Waals surface area contributed by atoms with Crippen LogP contribution in [-0.2, 0) is 16.4 Å². The fourth-order valence-electron chi connectivity index (χ4n) is 4.92. The van der Waals surface area contributed by atoms with E-state index in [1.54, 1.807) is 25.3 Å². The number of hydrogen-bond donors (Lipinski definition) is 2. The highest BCUT2D eigenvalue weighted by Crippen LogP contribution is 2.26. The Morgan fingerprint density at radius 3 is 2.65 bits per heavy atom. The second kappa shape index (κ2) is 10.6. The van der Waals surface area contributed by atoms with Gasteiger partial charge in [-0.2, -0.15) is 0 Å². The van der Waals surface area contributed by atoms with Crippen LogP contribution in [0.2, 0.25) is 0 Å². The zero-order valence-electron chi connectivity index (χ0n) is 23.4. The summed E-state index contributed by atoms with van der Waals surface area (Å²) in [5.74, 6) is 0.551. The third-order valence-corrected chi connectivity index (χ3v) is 8.41. The van der Waals surface area contributed by atoms with E-state index < -0.39 is 9.84 Å². The van der Waals surface area contributed by atoms with Crippen LogP contribution < -0.4 is 15.5 Å². The Morgan fingerprint density at radius 1 is 1.10 bits per heavy atom. The Kier molecular flexibility index (Phi) is 7.32. The van der Waals surface area contributed by atoms with Gasteiger partial charge in [0.1, 0.15) is 5.82 Å². The van der Waals surface area contributed by atoms with Crippen molar-refractivity contribution in [1.29, 1.82) is 0 Å². The molecular formula is C30H34N6O3S. The quantitative estimate of drug-likeness (QED) is 0.366. The molecule has 0 radical (unpaired) electrons. The lowest BCUT2D eigenvalue weighted by Crippen LogP contribution is -2.61. The summed E-state index contributed by atoms with van der Waals surface area (Å²) in [4.78, 5) is 29.5. The standard InChI is InChI=1S/C30H34N6O3S/c1-19-9-10-21(13-27(19)40(5,38)39)29(37)32-17-23-14-26-22(16-31-23)11-12-25(34-26)24-7-6-8-28(35-24)36-18-30(3,4)33-15-20(36)2/h6-14,16,20,33H,15,17-18H2,1-5H3,(H,32,37). The van der Waals surface area contributed by atoms with E-state index in [-0.39, 0.29) is 28.4 Å². The monoisotopic (exact) mass is 558 g/mol.